The van der Waals surface area contributed by atoms with Gasteiger partial charge in [0.25, 0.3) is 0 Å². The Hall–Kier alpha value is -1.49. The number of thioether (sulfide) groups is 1. The Balaban J connectivity index is 1.76. The lowest BCUT2D eigenvalue weighted by Gasteiger charge is -2.48. The second kappa shape index (κ2) is 6.56. The van der Waals surface area contributed by atoms with E-state index < -0.39 is 4.75 Å². The number of nitrogens with two attached hydrogens (primary N) is 1. The molecule has 1 saturated heterocycles. The minimum Gasteiger partial charge on any atom is -0.399 e. The molecular weight excluding hydrogens is 308 g/mol. The second-order valence-electron chi connectivity index (χ2n) is 6.53. The Labute approximate surface area is 141 Å². The van der Waals surface area contributed by atoms with Gasteiger partial charge < -0.3 is 5.73 Å². The van der Waals surface area contributed by atoms with Crippen LogP contribution in [-0.2, 0) is 9.59 Å². The largest absolute Gasteiger partial charge is 0.399 e. The van der Waals surface area contributed by atoms with Crippen LogP contribution in [0.4, 0.5) is 5.69 Å². The van der Waals surface area contributed by atoms with E-state index in [1.54, 1.807) is 11.8 Å². The number of nitrogens with one attached hydrogen (secondary N) is 1. The van der Waals surface area contributed by atoms with Gasteiger partial charge in [-0.2, -0.15) is 0 Å². The molecule has 0 spiro atoms. The lowest BCUT2D eigenvalue weighted by molar-refractivity contribution is -0.125. The van der Waals surface area contributed by atoms with Gasteiger partial charge in [0.2, 0.25) is 11.8 Å². The molecule has 2 fully saturated rings. The molecule has 1 aromatic rings. The number of imide groups is 1. The normalized spacial score (nSPS) is 29.1. The number of fused-ring (bicyclic) bond motifs is 1. The van der Waals surface area contributed by atoms with E-state index in [-0.39, 0.29) is 23.7 Å². The van der Waals surface area contributed by atoms with Crippen LogP contribution in [0.3, 0.4) is 0 Å². The Bertz CT molecular complexity index is 602. The molecule has 2 amide bonds. The van der Waals surface area contributed by atoms with Gasteiger partial charge in [-0.25, -0.2) is 0 Å². The third kappa shape index (κ3) is 2.75. The molecule has 0 unspecified atom stereocenters. The van der Waals surface area contributed by atoms with Crippen molar-refractivity contribution in [3.05, 3.63) is 29.8 Å². The zero-order valence-electron chi connectivity index (χ0n) is 13.5. The molecule has 2 aliphatic rings. The summed E-state index contributed by atoms with van der Waals surface area (Å²) in [6, 6.07) is 7.73. The highest BCUT2D eigenvalue weighted by molar-refractivity contribution is 8.01. The quantitative estimate of drug-likeness (QED) is 0.457. The van der Waals surface area contributed by atoms with Crippen LogP contribution in [-0.4, -0.2) is 22.3 Å². The van der Waals surface area contributed by atoms with Gasteiger partial charge >= 0.3 is 0 Å². The predicted molar refractivity (Wildman–Crippen MR) is 94.2 cm³/mol. The van der Waals surface area contributed by atoms with E-state index in [2.05, 4.69) is 12.2 Å². The third-order valence-electron chi connectivity index (χ3n) is 5.09. The number of amides is 2. The fourth-order valence-corrected chi connectivity index (χ4v) is 5.44. The molecule has 5 heteroatoms. The molecule has 0 bridgehead atoms. The maximum absolute atomic E-state index is 12.6. The molecule has 1 aliphatic carbocycles. The number of carbonyl (C=O) groups is 2. The van der Waals surface area contributed by atoms with E-state index in [1.807, 2.05) is 24.3 Å². The van der Waals surface area contributed by atoms with E-state index in [9.17, 15) is 9.59 Å². The van der Waals surface area contributed by atoms with E-state index >= 15 is 0 Å². The van der Waals surface area contributed by atoms with Crippen LogP contribution in [0.5, 0.6) is 0 Å². The monoisotopic (exact) mass is 332 g/mol. The average Bonchev–Trinajstić information content (AvgIpc) is 2.68. The van der Waals surface area contributed by atoms with E-state index in [4.69, 9.17) is 5.73 Å². The summed E-state index contributed by atoms with van der Waals surface area (Å²) in [6.07, 6.45) is 5.47. The van der Waals surface area contributed by atoms with Gasteiger partial charge in [0.05, 0.1) is 5.92 Å². The fraction of sp³-hybridized carbons (Fsp3) is 0.556. The standard InChI is InChI=1S/C18H24N2O2S/c1-2-3-4-5-10-23-18-14(12-6-8-13(19)9-7-12)11-15(18)16(21)20-17(18)22/h6-9,14-15H,2-5,10-11,19H2,1H3,(H,20,21,22)/t14-,15-,18+/m1/s1. The highest BCUT2D eigenvalue weighted by atomic mass is 32.2. The van der Waals surface area contributed by atoms with Gasteiger partial charge in [-0.15, -0.1) is 11.8 Å². The molecule has 3 rings (SSSR count). The minimum absolute atomic E-state index is 0.0947. The van der Waals surface area contributed by atoms with Crippen molar-refractivity contribution in [3.63, 3.8) is 0 Å². The van der Waals surface area contributed by atoms with Crippen LogP contribution < -0.4 is 11.1 Å². The van der Waals surface area contributed by atoms with Crippen molar-refractivity contribution < 1.29 is 9.59 Å². The zero-order chi connectivity index (χ0) is 16.4. The van der Waals surface area contributed by atoms with Crippen LogP contribution in [0, 0.1) is 5.92 Å². The molecule has 124 valence electrons. The Morgan fingerprint density at radius 2 is 1.91 bits per heavy atom. The highest BCUT2D eigenvalue weighted by Crippen LogP contribution is 2.61. The van der Waals surface area contributed by atoms with Crippen molar-refractivity contribution in [2.45, 2.75) is 49.7 Å². The topological polar surface area (TPSA) is 72.2 Å². The maximum atomic E-state index is 12.6. The fourth-order valence-electron chi connectivity index (χ4n) is 3.73. The van der Waals surface area contributed by atoms with Crippen molar-refractivity contribution in [3.8, 4) is 0 Å². The molecule has 0 radical (unpaired) electrons. The first kappa shape index (κ1) is 16.4. The molecule has 1 aromatic carbocycles. The predicted octanol–water partition coefficient (Wildman–Crippen LogP) is 3.08. The van der Waals surface area contributed by atoms with Crippen LogP contribution in [0.15, 0.2) is 24.3 Å². The molecule has 3 N–H and O–H groups in total. The Morgan fingerprint density at radius 3 is 2.57 bits per heavy atom. The average molecular weight is 332 g/mol. The Kier molecular flexibility index (Phi) is 4.67. The van der Waals surface area contributed by atoms with Gasteiger partial charge in [-0.1, -0.05) is 38.3 Å². The van der Waals surface area contributed by atoms with Crippen molar-refractivity contribution in [2.75, 3.05) is 11.5 Å². The highest BCUT2D eigenvalue weighted by Gasteiger charge is 2.67. The smallest absolute Gasteiger partial charge is 0.244 e. The van der Waals surface area contributed by atoms with Crippen LogP contribution >= 0.6 is 11.8 Å². The second-order valence-corrected chi connectivity index (χ2v) is 7.90. The van der Waals surface area contributed by atoms with Gasteiger partial charge in [0, 0.05) is 11.6 Å². The molecule has 1 heterocycles. The zero-order valence-corrected chi connectivity index (χ0v) is 14.3. The number of unbranched alkanes of at least 4 members (excludes halogenated alkanes) is 3. The number of benzene rings is 1. The summed E-state index contributed by atoms with van der Waals surface area (Å²) in [5.74, 6) is 0.677. The number of carbonyl (C=O) groups excluding carboxylic acids is 2. The third-order valence-corrected chi connectivity index (χ3v) is 6.82. The summed E-state index contributed by atoms with van der Waals surface area (Å²) in [7, 11) is 0. The minimum atomic E-state index is -0.598. The molecule has 0 aromatic heterocycles. The van der Waals surface area contributed by atoms with Crippen molar-refractivity contribution >= 4 is 29.3 Å². The van der Waals surface area contributed by atoms with E-state index in [1.165, 1.54) is 19.3 Å². The summed E-state index contributed by atoms with van der Waals surface area (Å²) >= 11 is 1.69. The first-order valence-electron chi connectivity index (χ1n) is 8.44. The maximum Gasteiger partial charge on any atom is 0.244 e. The summed E-state index contributed by atoms with van der Waals surface area (Å²) in [6.45, 7) is 2.19. The summed E-state index contributed by atoms with van der Waals surface area (Å²) in [5.41, 5.74) is 7.60. The van der Waals surface area contributed by atoms with Gasteiger partial charge in [-0.05, 0) is 36.3 Å². The van der Waals surface area contributed by atoms with Gasteiger partial charge in [-0.3, -0.25) is 14.9 Å². The molecule has 3 atom stereocenters. The molecule has 1 saturated carbocycles. The first-order valence-corrected chi connectivity index (χ1v) is 9.42. The SMILES string of the molecule is CCCCCCS[C@]12C(=O)NC(=O)[C@H]1C[C@@H]2c1ccc(N)cc1. The number of hydrogen-bond donors (Lipinski definition) is 2. The molecule has 1 aliphatic heterocycles. The molecule has 4 nitrogen and oxygen atoms in total. The lowest BCUT2D eigenvalue weighted by Crippen LogP contribution is -2.54. The molecular formula is C18H24N2O2S. The van der Waals surface area contributed by atoms with Gasteiger partial charge in [0.1, 0.15) is 4.75 Å². The number of anilines is 1. The van der Waals surface area contributed by atoms with Gasteiger partial charge in [0.15, 0.2) is 0 Å². The van der Waals surface area contributed by atoms with Crippen LogP contribution in [0.2, 0.25) is 0 Å². The Morgan fingerprint density at radius 1 is 1.17 bits per heavy atom. The summed E-state index contributed by atoms with van der Waals surface area (Å²) in [4.78, 5) is 24.6. The van der Waals surface area contributed by atoms with Crippen LogP contribution in [0.1, 0.15) is 50.5 Å². The van der Waals surface area contributed by atoms with Crippen LogP contribution in [0.25, 0.3) is 0 Å². The number of hydrogen-bond acceptors (Lipinski definition) is 4. The number of rotatable bonds is 7. The van der Waals surface area contributed by atoms with Crippen molar-refractivity contribution in [2.24, 2.45) is 5.92 Å². The lowest BCUT2D eigenvalue weighted by atomic mass is 9.62. The van der Waals surface area contributed by atoms with E-state index in [0.29, 0.717) is 0 Å². The first-order chi connectivity index (χ1) is 11.1. The summed E-state index contributed by atoms with van der Waals surface area (Å²) in [5, 5.41) is 2.56. The molecule has 23 heavy (non-hydrogen) atoms. The van der Waals surface area contributed by atoms with Crippen molar-refractivity contribution in [1.82, 2.24) is 5.32 Å². The summed E-state index contributed by atoms with van der Waals surface area (Å²) < 4.78 is -0.598. The number of nitrogen functional groups attached to an aromatic ring is 1. The van der Waals surface area contributed by atoms with Crippen molar-refractivity contribution in [1.29, 1.82) is 0 Å². The van der Waals surface area contributed by atoms with E-state index in [0.717, 1.165) is 29.8 Å².